The number of nitrogens with one attached hydrogen (secondary N) is 4. The Hall–Kier alpha value is -3.04. The van der Waals surface area contributed by atoms with Gasteiger partial charge in [0.2, 0.25) is 5.82 Å². The molecule has 1 amide bonds. The fourth-order valence-corrected chi connectivity index (χ4v) is 2.31. The molecule has 0 spiro atoms. The molecule has 0 aliphatic carbocycles. The maximum atomic E-state index is 12.0. The zero-order valence-electron chi connectivity index (χ0n) is 17.9. The molecule has 0 unspecified atom stereocenters. The number of guanidine groups is 1. The van der Waals surface area contributed by atoms with Gasteiger partial charge in [0, 0.05) is 13.1 Å². The summed E-state index contributed by atoms with van der Waals surface area (Å²) in [5, 5.41) is 16.2. The Labute approximate surface area is 170 Å². The van der Waals surface area contributed by atoms with Crippen LogP contribution in [0.25, 0.3) is 11.6 Å². The van der Waals surface area contributed by atoms with Crippen LogP contribution in [0, 0.1) is 0 Å². The molecule has 0 atom stereocenters. The smallest absolute Gasteiger partial charge is 0.408 e. The highest BCUT2D eigenvalue weighted by molar-refractivity contribution is 5.80. The van der Waals surface area contributed by atoms with Gasteiger partial charge in [-0.25, -0.2) is 14.8 Å². The summed E-state index contributed by atoms with van der Waals surface area (Å²) >= 11 is 0. The molecule has 0 saturated heterocycles. The summed E-state index contributed by atoms with van der Waals surface area (Å²) in [5.74, 6) is 2.29. The van der Waals surface area contributed by atoms with Gasteiger partial charge in [0.05, 0.1) is 11.8 Å². The lowest BCUT2D eigenvalue weighted by atomic mass is 10.1. The standard InChI is InChI=1S/C19H31N7O3/c1-7-20-16(22-12-19(5,6)24-17(27)29-18(2,3)4)21-11-14-23-15(26-25-14)13-9-8-10-28-13/h8-10H,7,11-12H2,1-6H3,(H,24,27)(H2,20,21,22)(H,23,25,26). The van der Waals surface area contributed by atoms with Crippen LogP contribution in [0.3, 0.4) is 0 Å². The van der Waals surface area contributed by atoms with Gasteiger partial charge >= 0.3 is 6.09 Å². The molecule has 29 heavy (non-hydrogen) atoms. The van der Waals surface area contributed by atoms with Gasteiger partial charge in [-0.3, -0.25) is 5.10 Å². The number of hydrogen-bond donors (Lipinski definition) is 4. The Morgan fingerprint density at radius 1 is 1.28 bits per heavy atom. The molecule has 10 nitrogen and oxygen atoms in total. The summed E-state index contributed by atoms with van der Waals surface area (Å²) in [4.78, 5) is 20.9. The third-order valence-electron chi connectivity index (χ3n) is 3.54. The minimum atomic E-state index is -0.546. The van der Waals surface area contributed by atoms with Crippen LogP contribution in [-0.2, 0) is 11.3 Å². The van der Waals surface area contributed by atoms with Gasteiger partial charge < -0.3 is 25.1 Å². The molecule has 0 radical (unpaired) electrons. The molecule has 2 aromatic rings. The van der Waals surface area contributed by atoms with Crippen LogP contribution in [-0.4, -0.2) is 51.5 Å². The predicted molar refractivity (Wildman–Crippen MR) is 110 cm³/mol. The number of aromatic nitrogens is 3. The van der Waals surface area contributed by atoms with E-state index in [1.807, 2.05) is 41.5 Å². The van der Waals surface area contributed by atoms with Gasteiger partial charge in [0.25, 0.3) is 0 Å². The average Bonchev–Trinajstić information content (AvgIpc) is 3.26. The van der Waals surface area contributed by atoms with Gasteiger partial charge in [-0.2, -0.15) is 0 Å². The predicted octanol–water partition coefficient (Wildman–Crippen LogP) is 2.42. The second-order valence-corrected chi connectivity index (χ2v) is 8.14. The number of hydrogen-bond acceptors (Lipinski definition) is 6. The van der Waals surface area contributed by atoms with Crippen LogP contribution < -0.4 is 16.0 Å². The normalized spacial score (nSPS) is 12.6. The van der Waals surface area contributed by atoms with Crippen LogP contribution in [0.1, 0.15) is 47.4 Å². The highest BCUT2D eigenvalue weighted by atomic mass is 16.6. The molecule has 160 valence electrons. The molecule has 0 aromatic carbocycles. The van der Waals surface area contributed by atoms with Crippen molar-refractivity contribution in [2.75, 3.05) is 13.1 Å². The van der Waals surface area contributed by atoms with E-state index in [2.05, 4.69) is 36.1 Å². The topological polar surface area (TPSA) is 129 Å². The summed E-state index contributed by atoms with van der Waals surface area (Å²) in [6, 6.07) is 3.57. The third-order valence-corrected chi connectivity index (χ3v) is 3.54. The van der Waals surface area contributed by atoms with Crippen LogP contribution >= 0.6 is 0 Å². The second kappa shape index (κ2) is 9.44. The summed E-state index contributed by atoms with van der Waals surface area (Å²) in [6.07, 6.45) is 1.11. The molecule has 0 aliphatic heterocycles. The minimum Gasteiger partial charge on any atom is -0.461 e. The van der Waals surface area contributed by atoms with E-state index in [0.29, 0.717) is 43.0 Å². The molecule has 0 saturated carbocycles. The van der Waals surface area contributed by atoms with Crippen molar-refractivity contribution in [2.45, 2.75) is 59.2 Å². The molecule has 10 heteroatoms. The molecular weight excluding hydrogens is 374 g/mol. The number of aromatic amines is 1. The second-order valence-electron chi connectivity index (χ2n) is 8.14. The minimum absolute atomic E-state index is 0.308. The molecule has 2 aromatic heterocycles. The van der Waals surface area contributed by atoms with Gasteiger partial charge in [0.15, 0.2) is 11.7 Å². The van der Waals surface area contributed by atoms with Crippen molar-refractivity contribution in [1.29, 1.82) is 0 Å². The SMILES string of the molecule is CCNC(=NCc1nc(-c2ccco2)n[nH]1)NCC(C)(C)NC(=O)OC(C)(C)C. The van der Waals surface area contributed by atoms with Gasteiger partial charge in [-0.05, 0) is 53.7 Å². The van der Waals surface area contributed by atoms with Crippen LogP contribution in [0.2, 0.25) is 0 Å². The first-order chi connectivity index (χ1) is 13.6. The Balaban J connectivity index is 1.92. The van der Waals surface area contributed by atoms with E-state index in [4.69, 9.17) is 9.15 Å². The van der Waals surface area contributed by atoms with Crippen LogP contribution in [0.15, 0.2) is 27.8 Å². The average molecular weight is 406 g/mol. The van der Waals surface area contributed by atoms with Crippen LogP contribution in [0.4, 0.5) is 4.79 Å². The molecule has 2 rings (SSSR count). The number of H-pyrrole nitrogens is 1. The number of alkyl carbamates (subject to hydrolysis) is 1. The first kappa shape index (κ1) is 22.3. The van der Waals surface area contributed by atoms with Crippen molar-refractivity contribution in [3.8, 4) is 11.6 Å². The maximum Gasteiger partial charge on any atom is 0.408 e. The molecular formula is C19H31N7O3. The van der Waals surface area contributed by atoms with Crippen molar-refractivity contribution < 1.29 is 13.9 Å². The van der Waals surface area contributed by atoms with Gasteiger partial charge in [-0.15, -0.1) is 5.10 Å². The summed E-state index contributed by atoms with van der Waals surface area (Å²) in [6.45, 7) is 12.7. The van der Waals surface area contributed by atoms with Crippen molar-refractivity contribution >= 4 is 12.1 Å². The van der Waals surface area contributed by atoms with E-state index in [0.717, 1.165) is 0 Å². The monoisotopic (exact) mass is 405 g/mol. The molecule has 2 heterocycles. The van der Waals surface area contributed by atoms with Crippen molar-refractivity contribution in [2.24, 2.45) is 4.99 Å². The number of rotatable bonds is 7. The molecule has 0 fully saturated rings. The van der Waals surface area contributed by atoms with E-state index < -0.39 is 17.2 Å². The van der Waals surface area contributed by atoms with E-state index in [1.54, 1.807) is 18.4 Å². The highest BCUT2D eigenvalue weighted by Crippen LogP contribution is 2.14. The quantitative estimate of drug-likeness (QED) is 0.411. The van der Waals surface area contributed by atoms with E-state index >= 15 is 0 Å². The fraction of sp³-hybridized carbons (Fsp3) is 0.579. The van der Waals surface area contributed by atoms with Gasteiger partial charge in [0.1, 0.15) is 18.0 Å². The van der Waals surface area contributed by atoms with E-state index in [-0.39, 0.29) is 0 Å². The van der Waals surface area contributed by atoms with Crippen molar-refractivity contribution in [3.63, 3.8) is 0 Å². The van der Waals surface area contributed by atoms with Crippen molar-refractivity contribution in [1.82, 2.24) is 31.1 Å². The van der Waals surface area contributed by atoms with Gasteiger partial charge in [-0.1, -0.05) is 0 Å². The highest BCUT2D eigenvalue weighted by Gasteiger charge is 2.24. The third kappa shape index (κ3) is 7.84. The zero-order valence-corrected chi connectivity index (χ0v) is 17.9. The van der Waals surface area contributed by atoms with E-state index in [1.165, 1.54) is 0 Å². The maximum absolute atomic E-state index is 12.0. The number of carbonyl (C=O) groups excluding carboxylic acids is 1. The Bertz CT molecular complexity index is 804. The Morgan fingerprint density at radius 2 is 2.03 bits per heavy atom. The fourth-order valence-electron chi connectivity index (χ4n) is 2.31. The first-order valence-electron chi connectivity index (χ1n) is 9.56. The molecule has 0 bridgehead atoms. The summed E-state index contributed by atoms with van der Waals surface area (Å²) < 4.78 is 10.6. The zero-order chi connectivity index (χ0) is 21.5. The number of furan rings is 1. The van der Waals surface area contributed by atoms with E-state index in [9.17, 15) is 4.79 Å². The first-order valence-corrected chi connectivity index (χ1v) is 9.56. The molecule has 4 N–H and O–H groups in total. The number of ether oxygens (including phenoxy) is 1. The summed E-state index contributed by atoms with van der Waals surface area (Å²) in [5.41, 5.74) is -1.09. The number of nitrogens with zero attached hydrogens (tertiary/aromatic N) is 3. The largest absolute Gasteiger partial charge is 0.461 e. The Kier molecular flexibility index (Phi) is 7.24. The summed E-state index contributed by atoms with van der Waals surface area (Å²) in [7, 11) is 0. The lowest BCUT2D eigenvalue weighted by molar-refractivity contribution is 0.0474. The van der Waals surface area contributed by atoms with Crippen LogP contribution in [0.5, 0.6) is 0 Å². The van der Waals surface area contributed by atoms with Crippen molar-refractivity contribution in [3.05, 3.63) is 24.2 Å². The molecule has 0 aliphatic rings. The number of carbonyl (C=O) groups is 1. The Morgan fingerprint density at radius 3 is 2.66 bits per heavy atom. The lowest BCUT2D eigenvalue weighted by Crippen LogP contribution is -2.54. The lowest BCUT2D eigenvalue weighted by Gasteiger charge is -2.29. The number of amides is 1. The number of aliphatic imine (C=N–C) groups is 1.